The number of rotatable bonds is 3. The summed E-state index contributed by atoms with van der Waals surface area (Å²) in [5, 5.41) is 9.17. The van der Waals surface area contributed by atoms with Crippen LogP contribution in [0.3, 0.4) is 0 Å². The third-order valence-corrected chi connectivity index (χ3v) is 5.22. The van der Waals surface area contributed by atoms with Gasteiger partial charge in [-0.3, -0.25) is 4.40 Å². The molecule has 0 bridgehead atoms. The van der Waals surface area contributed by atoms with Gasteiger partial charge in [0.05, 0.1) is 12.1 Å². The highest BCUT2D eigenvalue weighted by molar-refractivity contribution is 5.94. The van der Waals surface area contributed by atoms with Crippen molar-refractivity contribution < 1.29 is 9.47 Å². The van der Waals surface area contributed by atoms with Crippen molar-refractivity contribution in [2.24, 2.45) is 0 Å². The van der Waals surface area contributed by atoms with Gasteiger partial charge in [-0.25, -0.2) is 0 Å². The number of benzene rings is 2. The van der Waals surface area contributed by atoms with Gasteiger partial charge in [0.25, 0.3) is 5.78 Å². The van der Waals surface area contributed by atoms with Gasteiger partial charge in [0.15, 0.2) is 0 Å². The first-order valence-electron chi connectivity index (χ1n) is 10.0. The molecule has 3 heterocycles. The number of hydrogen-bond acceptors (Lipinski definition) is 6. The number of anilines is 2. The number of ether oxygens (including phenoxy) is 2. The highest BCUT2D eigenvalue weighted by Crippen LogP contribution is 2.30. The zero-order valence-electron chi connectivity index (χ0n) is 16.7. The fraction of sp³-hybridized carbons (Fsp3) is 0.261. The van der Waals surface area contributed by atoms with Crippen molar-refractivity contribution in [3.05, 3.63) is 60.4 Å². The van der Waals surface area contributed by atoms with E-state index in [1.54, 1.807) is 6.33 Å². The van der Waals surface area contributed by atoms with E-state index in [-0.39, 0.29) is 6.29 Å². The van der Waals surface area contributed by atoms with Crippen LogP contribution in [0, 0.1) is 12.0 Å². The summed E-state index contributed by atoms with van der Waals surface area (Å²) in [6, 6.07) is 16.1. The van der Waals surface area contributed by atoms with Crippen molar-refractivity contribution in [3.8, 4) is 12.0 Å². The maximum absolute atomic E-state index is 5.56. The topological polar surface area (TPSA) is 64.8 Å². The maximum atomic E-state index is 5.56. The van der Waals surface area contributed by atoms with Gasteiger partial charge in [-0.1, -0.05) is 18.2 Å². The molecular weight excluding hydrogens is 378 g/mol. The minimum atomic E-state index is -0.230. The van der Waals surface area contributed by atoms with E-state index in [1.807, 2.05) is 64.9 Å². The van der Waals surface area contributed by atoms with Crippen LogP contribution in [0.25, 0.3) is 16.7 Å². The Bertz CT molecular complexity index is 1240. The van der Waals surface area contributed by atoms with Crippen LogP contribution in [0.1, 0.15) is 24.8 Å². The fourth-order valence-corrected chi connectivity index (χ4v) is 3.62. The Labute approximate surface area is 174 Å². The normalized spacial score (nSPS) is 16.2. The van der Waals surface area contributed by atoms with Gasteiger partial charge in [-0.05, 0) is 49.1 Å². The van der Waals surface area contributed by atoms with Crippen LogP contribution in [0.15, 0.2) is 54.9 Å². The Morgan fingerprint density at radius 3 is 2.90 bits per heavy atom. The lowest BCUT2D eigenvalue weighted by Crippen LogP contribution is -2.20. The SMILES string of the molecule is CN(c1ccccc1)c1nc2nncn2c2cc(C#COC3CCCCO3)ccc12. The highest BCUT2D eigenvalue weighted by Gasteiger charge is 2.15. The summed E-state index contributed by atoms with van der Waals surface area (Å²) in [6.45, 7) is 0.735. The predicted molar refractivity (Wildman–Crippen MR) is 114 cm³/mol. The van der Waals surface area contributed by atoms with Crippen molar-refractivity contribution in [1.82, 2.24) is 19.6 Å². The molecule has 0 spiro atoms. The molecule has 1 atom stereocenters. The second-order valence-corrected chi connectivity index (χ2v) is 7.20. The Morgan fingerprint density at radius 1 is 1.17 bits per heavy atom. The number of aromatic nitrogens is 4. The molecule has 1 fully saturated rings. The summed E-state index contributed by atoms with van der Waals surface area (Å²) in [5.74, 6) is 4.43. The molecule has 7 heteroatoms. The molecular formula is C23H21N5O2. The van der Waals surface area contributed by atoms with E-state index in [9.17, 15) is 0 Å². The predicted octanol–water partition coefficient (Wildman–Crippen LogP) is 3.90. The number of nitrogens with zero attached hydrogens (tertiary/aromatic N) is 5. The van der Waals surface area contributed by atoms with Crippen LogP contribution >= 0.6 is 0 Å². The van der Waals surface area contributed by atoms with Gasteiger partial charge in [-0.15, -0.1) is 10.2 Å². The van der Waals surface area contributed by atoms with E-state index in [0.717, 1.165) is 53.8 Å². The molecule has 0 radical (unpaired) electrons. The van der Waals surface area contributed by atoms with E-state index >= 15 is 0 Å². The molecule has 0 N–H and O–H groups in total. The second-order valence-electron chi connectivity index (χ2n) is 7.20. The van der Waals surface area contributed by atoms with E-state index in [4.69, 9.17) is 14.5 Å². The first kappa shape index (κ1) is 18.4. The molecule has 4 aromatic rings. The molecule has 30 heavy (non-hydrogen) atoms. The lowest BCUT2D eigenvalue weighted by Gasteiger charge is -2.20. The van der Waals surface area contributed by atoms with E-state index in [0.29, 0.717) is 5.78 Å². The molecule has 0 saturated carbocycles. The summed E-state index contributed by atoms with van der Waals surface area (Å²) in [7, 11) is 2.00. The molecule has 7 nitrogen and oxygen atoms in total. The summed E-state index contributed by atoms with van der Waals surface area (Å²) in [6.07, 6.45) is 7.31. The highest BCUT2D eigenvalue weighted by atomic mass is 16.7. The number of fused-ring (bicyclic) bond motifs is 3. The summed E-state index contributed by atoms with van der Waals surface area (Å²) < 4.78 is 13.0. The number of para-hydroxylation sites is 1. The van der Waals surface area contributed by atoms with Crippen LogP contribution in [-0.4, -0.2) is 39.5 Å². The van der Waals surface area contributed by atoms with Crippen LogP contribution in [0.2, 0.25) is 0 Å². The third-order valence-electron chi connectivity index (χ3n) is 5.22. The largest absolute Gasteiger partial charge is 0.414 e. The summed E-state index contributed by atoms with van der Waals surface area (Å²) in [5.41, 5.74) is 2.82. The number of hydrogen-bond donors (Lipinski definition) is 0. The smallest absolute Gasteiger partial charge is 0.257 e. The first-order valence-corrected chi connectivity index (χ1v) is 10.0. The van der Waals surface area contributed by atoms with Gasteiger partial charge in [0, 0.05) is 30.1 Å². The van der Waals surface area contributed by atoms with Gasteiger partial charge < -0.3 is 14.4 Å². The summed E-state index contributed by atoms with van der Waals surface area (Å²) >= 11 is 0. The Balaban J connectivity index is 1.53. The van der Waals surface area contributed by atoms with Gasteiger partial charge in [-0.2, -0.15) is 4.98 Å². The molecule has 0 amide bonds. The lowest BCUT2D eigenvalue weighted by molar-refractivity contribution is -0.121. The van der Waals surface area contributed by atoms with E-state index < -0.39 is 0 Å². The van der Waals surface area contributed by atoms with E-state index in [2.05, 4.69) is 22.2 Å². The third kappa shape index (κ3) is 3.53. The molecule has 1 aliphatic rings. The fourth-order valence-electron chi connectivity index (χ4n) is 3.62. The van der Waals surface area contributed by atoms with Crippen LogP contribution in [0.4, 0.5) is 11.5 Å². The minimum absolute atomic E-state index is 0.230. The van der Waals surface area contributed by atoms with Crippen molar-refractivity contribution in [2.75, 3.05) is 18.6 Å². The maximum Gasteiger partial charge on any atom is 0.257 e. The molecule has 2 aromatic heterocycles. The zero-order valence-corrected chi connectivity index (χ0v) is 16.7. The van der Waals surface area contributed by atoms with Gasteiger partial charge in [0.2, 0.25) is 6.29 Å². The minimum Gasteiger partial charge on any atom is -0.414 e. The van der Waals surface area contributed by atoms with Crippen molar-refractivity contribution in [2.45, 2.75) is 25.6 Å². The molecule has 1 unspecified atom stereocenters. The molecule has 1 saturated heterocycles. The average molecular weight is 399 g/mol. The van der Waals surface area contributed by atoms with Crippen LogP contribution < -0.4 is 4.90 Å². The quantitative estimate of drug-likeness (QED) is 0.487. The van der Waals surface area contributed by atoms with Crippen LogP contribution in [-0.2, 0) is 9.47 Å². The van der Waals surface area contributed by atoms with Crippen molar-refractivity contribution >= 4 is 28.2 Å². The van der Waals surface area contributed by atoms with Gasteiger partial charge >= 0.3 is 0 Å². The lowest BCUT2D eigenvalue weighted by atomic mass is 10.1. The van der Waals surface area contributed by atoms with Gasteiger partial charge in [0.1, 0.15) is 18.3 Å². The standard InChI is InChI=1S/C23H21N5O2/c1-27(18-7-3-2-4-8-18)22-19-11-10-17(12-14-30-21-9-5-6-13-29-21)15-20(19)28-16-24-26-23(28)25-22/h2-4,7-8,10-11,15-16,21H,5-6,9,13H2,1H3. The molecule has 2 aromatic carbocycles. The van der Waals surface area contributed by atoms with Crippen molar-refractivity contribution in [1.29, 1.82) is 0 Å². The van der Waals surface area contributed by atoms with E-state index in [1.165, 1.54) is 0 Å². The van der Waals surface area contributed by atoms with Crippen molar-refractivity contribution in [3.63, 3.8) is 0 Å². The Morgan fingerprint density at radius 2 is 2.07 bits per heavy atom. The molecule has 1 aliphatic heterocycles. The monoisotopic (exact) mass is 399 g/mol. The average Bonchev–Trinajstić information content (AvgIpc) is 3.28. The molecule has 150 valence electrons. The zero-order chi connectivity index (χ0) is 20.3. The second kappa shape index (κ2) is 8.01. The summed E-state index contributed by atoms with van der Waals surface area (Å²) in [4.78, 5) is 6.78. The Hall–Kier alpha value is -3.63. The Kier molecular flexibility index (Phi) is 4.91. The van der Waals surface area contributed by atoms with Crippen LogP contribution in [0.5, 0.6) is 0 Å². The molecule has 0 aliphatic carbocycles. The first-order chi connectivity index (χ1) is 14.8. The molecule has 5 rings (SSSR count).